The van der Waals surface area contributed by atoms with E-state index in [9.17, 15) is 9.18 Å². The van der Waals surface area contributed by atoms with E-state index in [1.807, 2.05) is 26.0 Å². The lowest BCUT2D eigenvalue weighted by Crippen LogP contribution is -2.08. The van der Waals surface area contributed by atoms with Gasteiger partial charge in [0.2, 0.25) is 0 Å². The molecule has 0 unspecified atom stereocenters. The predicted octanol–water partition coefficient (Wildman–Crippen LogP) is 4.84. The van der Waals surface area contributed by atoms with Gasteiger partial charge in [0.05, 0.1) is 23.6 Å². The number of hydrogen-bond donors (Lipinski definition) is 0. The predicted molar refractivity (Wildman–Crippen MR) is 105 cm³/mol. The van der Waals surface area contributed by atoms with Crippen LogP contribution in [0.3, 0.4) is 0 Å². The van der Waals surface area contributed by atoms with E-state index in [2.05, 4.69) is 5.10 Å². The fourth-order valence-corrected chi connectivity index (χ4v) is 3.14. The smallest absolute Gasteiger partial charge is 0.338 e. The van der Waals surface area contributed by atoms with Crippen molar-refractivity contribution >= 4 is 5.97 Å². The van der Waals surface area contributed by atoms with Gasteiger partial charge < -0.3 is 9.47 Å². The second-order valence-corrected chi connectivity index (χ2v) is 6.43. The van der Waals surface area contributed by atoms with Crippen LogP contribution in [0.2, 0.25) is 0 Å². The topological polar surface area (TPSA) is 53.3 Å². The summed E-state index contributed by atoms with van der Waals surface area (Å²) in [6, 6.07) is 13.5. The summed E-state index contributed by atoms with van der Waals surface area (Å²) in [5.74, 6) is -0.676. The van der Waals surface area contributed by atoms with E-state index < -0.39 is 0 Å². The molecule has 0 aliphatic carbocycles. The van der Waals surface area contributed by atoms with Crippen LogP contribution in [0.25, 0.3) is 22.5 Å². The average molecular weight is 382 g/mol. The van der Waals surface area contributed by atoms with E-state index in [1.54, 1.807) is 36.1 Å². The summed E-state index contributed by atoms with van der Waals surface area (Å²) in [4.78, 5) is 12.5. The largest absolute Gasteiger partial charge is 0.462 e. The Morgan fingerprint density at radius 3 is 2.54 bits per heavy atom. The number of carbonyl (C=O) groups excluding carboxylic acids is 1. The molecule has 0 aliphatic rings. The number of carbonyl (C=O) groups is 1. The first-order valence-corrected chi connectivity index (χ1v) is 9.15. The van der Waals surface area contributed by atoms with Crippen molar-refractivity contribution in [2.75, 3.05) is 13.7 Å². The van der Waals surface area contributed by atoms with Gasteiger partial charge in [-0.25, -0.2) is 13.9 Å². The second kappa shape index (κ2) is 8.80. The number of esters is 1. The van der Waals surface area contributed by atoms with Gasteiger partial charge in [-0.3, -0.25) is 0 Å². The van der Waals surface area contributed by atoms with Crippen molar-refractivity contribution < 1.29 is 18.7 Å². The van der Waals surface area contributed by atoms with Crippen LogP contribution in [-0.2, 0) is 16.2 Å². The summed E-state index contributed by atoms with van der Waals surface area (Å²) in [7, 11) is 1.58. The molecule has 0 radical (unpaired) electrons. The third-order valence-electron chi connectivity index (χ3n) is 4.40. The van der Waals surface area contributed by atoms with Crippen molar-refractivity contribution in [3.63, 3.8) is 0 Å². The number of nitrogens with zero attached hydrogens (tertiary/aromatic N) is 2. The van der Waals surface area contributed by atoms with Gasteiger partial charge in [0.15, 0.2) is 0 Å². The van der Waals surface area contributed by atoms with E-state index in [4.69, 9.17) is 9.47 Å². The Morgan fingerprint density at radius 2 is 1.86 bits per heavy atom. The number of methoxy groups -OCH3 is 1. The summed E-state index contributed by atoms with van der Waals surface area (Å²) in [6.45, 7) is 4.48. The molecule has 28 heavy (non-hydrogen) atoms. The minimum Gasteiger partial charge on any atom is -0.462 e. The van der Waals surface area contributed by atoms with Crippen LogP contribution in [0.4, 0.5) is 4.39 Å². The van der Waals surface area contributed by atoms with Crippen LogP contribution < -0.4 is 0 Å². The molecule has 0 atom stereocenters. The monoisotopic (exact) mass is 382 g/mol. The maximum Gasteiger partial charge on any atom is 0.338 e. The van der Waals surface area contributed by atoms with Crippen LogP contribution >= 0.6 is 0 Å². The SMILES string of the molecule is CCCOC(=O)c1ccccc1-c1nn(COC)c(-c2ccc(F)cc2)c1C. The zero-order chi connectivity index (χ0) is 20.1. The molecule has 0 N–H and O–H groups in total. The molecule has 146 valence electrons. The van der Waals surface area contributed by atoms with Crippen LogP contribution in [0.1, 0.15) is 29.3 Å². The third-order valence-corrected chi connectivity index (χ3v) is 4.40. The molecule has 3 aromatic rings. The normalized spacial score (nSPS) is 10.9. The van der Waals surface area contributed by atoms with Gasteiger partial charge in [-0.05, 0) is 43.7 Å². The average Bonchev–Trinajstić information content (AvgIpc) is 3.03. The fourth-order valence-electron chi connectivity index (χ4n) is 3.14. The molecule has 0 saturated carbocycles. The molecule has 3 rings (SSSR count). The van der Waals surface area contributed by atoms with E-state index in [0.29, 0.717) is 23.4 Å². The highest BCUT2D eigenvalue weighted by atomic mass is 19.1. The van der Waals surface area contributed by atoms with Crippen LogP contribution in [0.5, 0.6) is 0 Å². The Hall–Kier alpha value is -2.99. The van der Waals surface area contributed by atoms with E-state index in [0.717, 1.165) is 23.2 Å². The number of aromatic nitrogens is 2. The maximum atomic E-state index is 13.4. The first kappa shape index (κ1) is 19.8. The van der Waals surface area contributed by atoms with Crippen molar-refractivity contribution in [1.29, 1.82) is 0 Å². The Labute approximate surface area is 163 Å². The first-order valence-electron chi connectivity index (χ1n) is 9.15. The molecule has 6 heteroatoms. The van der Waals surface area contributed by atoms with Crippen molar-refractivity contribution in [3.8, 4) is 22.5 Å². The minimum absolute atomic E-state index is 0.232. The molecule has 5 nitrogen and oxygen atoms in total. The molecule has 0 amide bonds. The first-order chi connectivity index (χ1) is 13.6. The standard InChI is InChI=1S/C22H23FN2O3/c1-4-13-28-22(26)19-8-6-5-7-18(19)20-15(2)21(25(24-20)14-27-3)16-9-11-17(23)12-10-16/h5-12H,4,13-14H2,1-3H3. The van der Waals surface area contributed by atoms with E-state index in [1.165, 1.54) is 12.1 Å². The van der Waals surface area contributed by atoms with Crippen LogP contribution in [0, 0.1) is 12.7 Å². The van der Waals surface area contributed by atoms with Gasteiger partial charge >= 0.3 is 5.97 Å². The van der Waals surface area contributed by atoms with Crippen molar-refractivity contribution in [1.82, 2.24) is 9.78 Å². The second-order valence-electron chi connectivity index (χ2n) is 6.43. The molecule has 0 saturated heterocycles. The Balaban J connectivity index is 2.13. The highest BCUT2D eigenvalue weighted by Gasteiger charge is 2.22. The summed E-state index contributed by atoms with van der Waals surface area (Å²) in [5.41, 5.74) is 4.33. The molecule has 0 aliphatic heterocycles. The maximum absolute atomic E-state index is 13.4. The third kappa shape index (κ3) is 3.97. The van der Waals surface area contributed by atoms with Crippen molar-refractivity contribution in [3.05, 3.63) is 65.5 Å². The summed E-state index contributed by atoms with van der Waals surface area (Å²) in [6.07, 6.45) is 0.754. The lowest BCUT2D eigenvalue weighted by Gasteiger charge is -2.08. The Bertz CT molecular complexity index is 964. The van der Waals surface area contributed by atoms with Crippen molar-refractivity contribution in [2.24, 2.45) is 0 Å². The van der Waals surface area contributed by atoms with Gasteiger partial charge in [-0.15, -0.1) is 0 Å². The lowest BCUT2D eigenvalue weighted by atomic mass is 9.99. The highest BCUT2D eigenvalue weighted by Crippen LogP contribution is 2.33. The zero-order valence-electron chi connectivity index (χ0n) is 16.2. The lowest BCUT2D eigenvalue weighted by molar-refractivity contribution is 0.0506. The molecule has 2 aromatic carbocycles. The van der Waals surface area contributed by atoms with Gasteiger partial charge in [-0.2, -0.15) is 5.10 Å². The molecule has 0 fully saturated rings. The van der Waals surface area contributed by atoms with Crippen LogP contribution in [0.15, 0.2) is 48.5 Å². The fraction of sp³-hybridized carbons (Fsp3) is 0.273. The Morgan fingerprint density at radius 1 is 1.14 bits per heavy atom. The molecule has 1 heterocycles. The zero-order valence-corrected chi connectivity index (χ0v) is 16.2. The number of halogens is 1. The van der Waals surface area contributed by atoms with Gasteiger partial charge in [0.1, 0.15) is 12.5 Å². The highest BCUT2D eigenvalue weighted by molar-refractivity contribution is 5.97. The van der Waals surface area contributed by atoms with Gasteiger partial charge in [0, 0.05) is 23.8 Å². The molecule has 0 spiro atoms. The molecular weight excluding hydrogens is 359 g/mol. The number of hydrogen-bond acceptors (Lipinski definition) is 4. The van der Waals surface area contributed by atoms with E-state index >= 15 is 0 Å². The molecule has 0 bridgehead atoms. The summed E-state index contributed by atoms with van der Waals surface area (Å²) >= 11 is 0. The number of ether oxygens (including phenoxy) is 2. The Kier molecular flexibility index (Phi) is 6.21. The van der Waals surface area contributed by atoms with E-state index in [-0.39, 0.29) is 18.5 Å². The van der Waals surface area contributed by atoms with Crippen molar-refractivity contribution in [2.45, 2.75) is 27.0 Å². The number of rotatable bonds is 7. The van der Waals surface area contributed by atoms with Gasteiger partial charge in [0.25, 0.3) is 0 Å². The molecular formula is C22H23FN2O3. The summed E-state index contributed by atoms with van der Waals surface area (Å²) in [5, 5.41) is 4.68. The molecule has 1 aromatic heterocycles. The number of benzene rings is 2. The minimum atomic E-state index is -0.374. The van der Waals surface area contributed by atoms with Crippen LogP contribution in [-0.4, -0.2) is 29.5 Å². The van der Waals surface area contributed by atoms with Gasteiger partial charge in [-0.1, -0.05) is 25.1 Å². The summed E-state index contributed by atoms with van der Waals surface area (Å²) < 4.78 is 25.7. The quantitative estimate of drug-likeness (QED) is 0.549.